The van der Waals surface area contributed by atoms with Crippen LogP contribution in [0.15, 0.2) is 24.3 Å². The number of carboxylic acids is 1. The Morgan fingerprint density at radius 1 is 1.42 bits per heavy atom. The fourth-order valence-corrected chi connectivity index (χ4v) is 3.19. The fourth-order valence-electron chi connectivity index (χ4n) is 2.57. The van der Waals surface area contributed by atoms with Crippen molar-refractivity contribution in [3.05, 3.63) is 35.4 Å². The Labute approximate surface area is 119 Å². The quantitative estimate of drug-likeness (QED) is 0.813. The number of benzene rings is 1. The van der Waals surface area contributed by atoms with Crippen molar-refractivity contribution < 1.29 is 9.90 Å². The van der Waals surface area contributed by atoms with Gasteiger partial charge in [0.25, 0.3) is 0 Å². The predicted octanol–water partition coefficient (Wildman–Crippen LogP) is 2.64. The second kappa shape index (κ2) is 6.96. The van der Waals surface area contributed by atoms with Crippen LogP contribution >= 0.6 is 11.8 Å². The third-order valence-electron chi connectivity index (χ3n) is 3.57. The highest BCUT2D eigenvalue weighted by atomic mass is 32.2. The van der Waals surface area contributed by atoms with Crippen molar-refractivity contribution in [3.8, 4) is 0 Å². The SMILES string of the molecule is CCSCCCN1Cc2ccccc2C[C@H]1C(=O)O. The molecule has 1 atom stereocenters. The number of nitrogens with zero attached hydrogens (tertiary/aromatic N) is 1. The molecule has 0 spiro atoms. The summed E-state index contributed by atoms with van der Waals surface area (Å²) in [5.41, 5.74) is 2.47. The van der Waals surface area contributed by atoms with Gasteiger partial charge in [-0.25, -0.2) is 0 Å². The van der Waals surface area contributed by atoms with Crippen molar-refractivity contribution in [1.82, 2.24) is 4.90 Å². The number of hydrogen-bond acceptors (Lipinski definition) is 3. The number of hydrogen-bond donors (Lipinski definition) is 1. The normalized spacial score (nSPS) is 19.1. The Kier molecular flexibility index (Phi) is 5.28. The monoisotopic (exact) mass is 279 g/mol. The molecular weight excluding hydrogens is 258 g/mol. The van der Waals surface area contributed by atoms with E-state index in [9.17, 15) is 9.90 Å². The topological polar surface area (TPSA) is 40.5 Å². The molecule has 0 saturated heterocycles. The Bertz CT molecular complexity index is 436. The van der Waals surface area contributed by atoms with Crippen LogP contribution in [0.5, 0.6) is 0 Å². The molecule has 1 aromatic carbocycles. The van der Waals surface area contributed by atoms with Crippen molar-refractivity contribution in [2.75, 3.05) is 18.1 Å². The van der Waals surface area contributed by atoms with E-state index < -0.39 is 5.97 Å². The molecule has 0 amide bonds. The average Bonchev–Trinajstić information content (AvgIpc) is 2.42. The zero-order valence-corrected chi connectivity index (χ0v) is 12.2. The number of carbonyl (C=O) groups is 1. The van der Waals surface area contributed by atoms with Crippen LogP contribution < -0.4 is 0 Å². The molecule has 0 bridgehead atoms. The van der Waals surface area contributed by atoms with Crippen LogP contribution in [-0.4, -0.2) is 40.1 Å². The Morgan fingerprint density at radius 3 is 2.84 bits per heavy atom. The van der Waals surface area contributed by atoms with Gasteiger partial charge in [0, 0.05) is 13.1 Å². The summed E-state index contributed by atoms with van der Waals surface area (Å²) in [5.74, 6) is 1.55. The smallest absolute Gasteiger partial charge is 0.321 e. The molecule has 19 heavy (non-hydrogen) atoms. The van der Waals surface area contributed by atoms with Gasteiger partial charge in [0.2, 0.25) is 0 Å². The van der Waals surface area contributed by atoms with Crippen molar-refractivity contribution in [3.63, 3.8) is 0 Å². The average molecular weight is 279 g/mol. The lowest BCUT2D eigenvalue weighted by Gasteiger charge is -2.34. The molecule has 0 fully saturated rings. The van der Waals surface area contributed by atoms with Crippen LogP contribution in [0.3, 0.4) is 0 Å². The molecule has 0 aromatic heterocycles. The Morgan fingerprint density at radius 2 is 2.16 bits per heavy atom. The third-order valence-corrected chi connectivity index (χ3v) is 4.55. The van der Waals surface area contributed by atoms with Gasteiger partial charge in [0.05, 0.1) is 0 Å². The molecule has 3 nitrogen and oxygen atoms in total. The number of fused-ring (bicyclic) bond motifs is 1. The van der Waals surface area contributed by atoms with E-state index in [2.05, 4.69) is 24.0 Å². The number of carboxylic acid groups (broad SMARTS) is 1. The molecule has 1 aromatic rings. The van der Waals surface area contributed by atoms with Gasteiger partial charge in [-0.2, -0.15) is 11.8 Å². The minimum Gasteiger partial charge on any atom is -0.480 e. The molecule has 0 radical (unpaired) electrons. The van der Waals surface area contributed by atoms with Crippen LogP contribution in [0.1, 0.15) is 24.5 Å². The van der Waals surface area contributed by atoms with E-state index >= 15 is 0 Å². The highest BCUT2D eigenvalue weighted by Crippen LogP contribution is 2.23. The first-order valence-corrected chi connectivity index (χ1v) is 7.99. The highest BCUT2D eigenvalue weighted by molar-refractivity contribution is 7.99. The van der Waals surface area contributed by atoms with Gasteiger partial charge >= 0.3 is 5.97 Å². The van der Waals surface area contributed by atoms with Crippen molar-refractivity contribution in [1.29, 1.82) is 0 Å². The molecular formula is C15H21NO2S. The molecule has 1 aliphatic heterocycles. The summed E-state index contributed by atoms with van der Waals surface area (Å²) < 4.78 is 0. The summed E-state index contributed by atoms with van der Waals surface area (Å²) in [6, 6.07) is 7.83. The first kappa shape index (κ1) is 14.4. The first-order valence-electron chi connectivity index (χ1n) is 6.83. The van der Waals surface area contributed by atoms with Crippen LogP contribution in [0.2, 0.25) is 0 Å². The second-order valence-electron chi connectivity index (χ2n) is 4.85. The zero-order chi connectivity index (χ0) is 13.7. The summed E-state index contributed by atoms with van der Waals surface area (Å²) in [5, 5.41) is 9.39. The Hall–Kier alpha value is -1.00. The fraction of sp³-hybridized carbons (Fsp3) is 0.533. The van der Waals surface area contributed by atoms with Gasteiger partial charge < -0.3 is 5.11 Å². The maximum absolute atomic E-state index is 11.4. The van der Waals surface area contributed by atoms with Crippen LogP contribution in [0.4, 0.5) is 0 Å². The number of aliphatic carboxylic acids is 1. The largest absolute Gasteiger partial charge is 0.480 e. The molecule has 4 heteroatoms. The maximum atomic E-state index is 11.4. The molecule has 2 rings (SSSR count). The van der Waals surface area contributed by atoms with E-state index in [1.165, 1.54) is 11.1 Å². The minimum absolute atomic E-state index is 0.360. The van der Waals surface area contributed by atoms with E-state index in [-0.39, 0.29) is 6.04 Å². The molecule has 0 aliphatic carbocycles. The highest BCUT2D eigenvalue weighted by Gasteiger charge is 2.30. The summed E-state index contributed by atoms with van der Waals surface area (Å²) in [4.78, 5) is 13.5. The molecule has 1 aliphatic rings. The maximum Gasteiger partial charge on any atom is 0.321 e. The van der Waals surface area contributed by atoms with Gasteiger partial charge in [-0.1, -0.05) is 31.2 Å². The van der Waals surface area contributed by atoms with Crippen LogP contribution in [0, 0.1) is 0 Å². The molecule has 104 valence electrons. The summed E-state index contributed by atoms with van der Waals surface area (Å²) >= 11 is 1.92. The molecule has 0 saturated carbocycles. The van der Waals surface area contributed by atoms with E-state index in [0.717, 1.165) is 31.0 Å². The Balaban J connectivity index is 2.02. The predicted molar refractivity (Wildman–Crippen MR) is 79.6 cm³/mol. The van der Waals surface area contributed by atoms with Gasteiger partial charge in [-0.15, -0.1) is 0 Å². The van der Waals surface area contributed by atoms with Crippen LogP contribution in [-0.2, 0) is 17.8 Å². The van der Waals surface area contributed by atoms with Gasteiger partial charge in [-0.3, -0.25) is 9.69 Å². The van der Waals surface area contributed by atoms with Crippen molar-refractivity contribution in [2.45, 2.75) is 32.4 Å². The second-order valence-corrected chi connectivity index (χ2v) is 6.24. The van der Waals surface area contributed by atoms with Gasteiger partial charge in [0.1, 0.15) is 6.04 Å². The van der Waals surface area contributed by atoms with Gasteiger partial charge in [-0.05, 0) is 35.5 Å². The van der Waals surface area contributed by atoms with E-state index in [0.29, 0.717) is 6.42 Å². The molecule has 1 N–H and O–H groups in total. The van der Waals surface area contributed by atoms with Crippen molar-refractivity contribution in [2.24, 2.45) is 0 Å². The third kappa shape index (κ3) is 3.74. The zero-order valence-electron chi connectivity index (χ0n) is 11.3. The lowest BCUT2D eigenvalue weighted by molar-refractivity contribution is -0.143. The first-order chi connectivity index (χ1) is 9.22. The number of rotatable bonds is 6. The molecule has 0 unspecified atom stereocenters. The van der Waals surface area contributed by atoms with E-state index in [1.54, 1.807) is 0 Å². The van der Waals surface area contributed by atoms with Crippen molar-refractivity contribution >= 4 is 17.7 Å². The lowest BCUT2D eigenvalue weighted by Crippen LogP contribution is -2.46. The molecule has 1 heterocycles. The number of thioether (sulfide) groups is 1. The van der Waals surface area contributed by atoms with Gasteiger partial charge in [0.15, 0.2) is 0 Å². The van der Waals surface area contributed by atoms with E-state index in [4.69, 9.17) is 0 Å². The van der Waals surface area contributed by atoms with Crippen LogP contribution in [0.25, 0.3) is 0 Å². The summed E-state index contributed by atoms with van der Waals surface area (Å²) in [7, 11) is 0. The van der Waals surface area contributed by atoms with E-state index in [1.807, 2.05) is 23.9 Å². The standard InChI is InChI=1S/C15H21NO2S/c1-2-19-9-5-8-16-11-13-7-4-3-6-12(13)10-14(16)15(17)18/h3-4,6-7,14H,2,5,8-11H2,1H3,(H,17,18)/t14-/m0/s1. The summed E-state index contributed by atoms with van der Waals surface area (Å²) in [6.45, 7) is 3.80. The lowest BCUT2D eigenvalue weighted by atomic mass is 9.94. The minimum atomic E-state index is -0.697. The summed E-state index contributed by atoms with van der Waals surface area (Å²) in [6.07, 6.45) is 1.69.